The minimum atomic E-state index is -3.06. The van der Waals surface area contributed by atoms with Gasteiger partial charge in [0.05, 0.1) is 108 Å². The fourth-order valence-corrected chi connectivity index (χ4v) is 10.5. The Labute approximate surface area is 375 Å². The summed E-state index contributed by atoms with van der Waals surface area (Å²) in [6.45, 7) is 0. The largest absolute Gasteiger partial charge is 0.478 e. The van der Waals surface area contributed by atoms with E-state index in [9.17, 15) is 39.6 Å². The van der Waals surface area contributed by atoms with Crippen LogP contribution in [0, 0.1) is 0 Å². The van der Waals surface area contributed by atoms with Crippen molar-refractivity contribution in [2.24, 2.45) is 0 Å². The van der Waals surface area contributed by atoms with E-state index in [0.29, 0.717) is 0 Å². The Hall–Kier alpha value is -0.600. The molecule has 280 valence electrons. The maximum atomic E-state index is 12.3. The number of carbonyl (C=O) groups is 4. The van der Waals surface area contributed by atoms with E-state index in [2.05, 4.69) is 0 Å². The Kier molecular flexibility index (Phi) is 13.9. The molecule has 0 saturated heterocycles. The molecule has 8 nitrogen and oxygen atoms in total. The molecule has 4 N–H and O–H groups in total. The van der Waals surface area contributed by atoms with Gasteiger partial charge in [-0.2, -0.15) is 0 Å². The number of halogens is 16. The SMILES string of the molecule is O=C(O)c1c(Cl)c(Cl)c(C(c2c(Cl)c(Cl)c(C(=O)O)c(Cl)c2Cl)(c2c(Cl)c(Cl)c(C(=O)O)c(Cl)c2Cl)c2c(Cl)c(Cl)c(C(=O)O)c(Cl)c2Cl)c(Cl)c1Cl. The van der Waals surface area contributed by atoms with E-state index < -0.39 is 154 Å². The zero-order chi connectivity index (χ0) is 40.7. The normalized spacial score (nSPS) is 11.6. The van der Waals surface area contributed by atoms with Crippen molar-refractivity contribution in [1.29, 1.82) is 0 Å². The van der Waals surface area contributed by atoms with Crippen molar-refractivity contribution in [3.05, 3.63) is 125 Å². The van der Waals surface area contributed by atoms with Crippen molar-refractivity contribution in [3.8, 4) is 0 Å². The van der Waals surface area contributed by atoms with Crippen LogP contribution in [-0.4, -0.2) is 44.3 Å². The van der Waals surface area contributed by atoms with Gasteiger partial charge < -0.3 is 20.4 Å². The first-order valence-electron chi connectivity index (χ1n) is 12.7. The van der Waals surface area contributed by atoms with Crippen molar-refractivity contribution in [3.63, 3.8) is 0 Å². The Morgan fingerprint density at radius 3 is 0.472 bits per heavy atom. The first-order chi connectivity index (χ1) is 24.3. The van der Waals surface area contributed by atoms with E-state index in [-0.39, 0.29) is 0 Å². The Morgan fingerprint density at radius 1 is 0.264 bits per heavy atom. The molecular weight excluding hydrogens is 1040 g/mol. The molecule has 0 radical (unpaired) electrons. The number of aromatic carboxylic acids is 4. The fraction of sp³-hybridized carbons (Fsp3) is 0.0345. The molecular formula is C29H4Cl16O8. The van der Waals surface area contributed by atoms with E-state index in [1.54, 1.807) is 0 Å². The number of hydrogen-bond donors (Lipinski definition) is 4. The van der Waals surface area contributed by atoms with Gasteiger partial charge in [0, 0.05) is 22.3 Å². The molecule has 4 rings (SSSR count). The summed E-state index contributed by atoms with van der Waals surface area (Å²) in [5, 5.41) is 26.1. The van der Waals surface area contributed by atoms with E-state index in [0.717, 1.165) is 0 Å². The summed E-state index contributed by atoms with van der Waals surface area (Å²) in [5.41, 5.74) is -9.79. The van der Waals surface area contributed by atoms with Gasteiger partial charge in [0.25, 0.3) is 0 Å². The minimum absolute atomic E-state index is 0.794. The third-order valence-corrected chi connectivity index (χ3v) is 14.2. The molecule has 0 heterocycles. The van der Waals surface area contributed by atoms with Gasteiger partial charge in [-0.1, -0.05) is 186 Å². The minimum Gasteiger partial charge on any atom is -0.478 e. The lowest BCUT2D eigenvalue weighted by Crippen LogP contribution is -2.36. The summed E-state index contributed by atoms with van der Waals surface area (Å²) in [5.74, 6) is -7.07. The highest BCUT2D eigenvalue weighted by Crippen LogP contribution is 2.65. The van der Waals surface area contributed by atoms with Gasteiger partial charge in [-0.05, 0) is 0 Å². The number of rotatable bonds is 8. The lowest BCUT2D eigenvalue weighted by Gasteiger charge is -2.42. The van der Waals surface area contributed by atoms with Crippen molar-refractivity contribution < 1.29 is 39.6 Å². The maximum Gasteiger partial charge on any atom is 0.338 e. The molecule has 0 aliphatic heterocycles. The van der Waals surface area contributed by atoms with Crippen molar-refractivity contribution in [2.75, 3.05) is 0 Å². The topological polar surface area (TPSA) is 149 Å². The smallest absolute Gasteiger partial charge is 0.338 e. The molecule has 0 atom stereocenters. The summed E-state index contributed by atoms with van der Waals surface area (Å²) in [6, 6.07) is 0. The maximum absolute atomic E-state index is 12.3. The van der Waals surface area contributed by atoms with Crippen LogP contribution in [0.4, 0.5) is 0 Å². The van der Waals surface area contributed by atoms with E-state index in [1.165, 1.54) is 0 Å². The second kappa shape index (κ2) is 16.3. The van der Waals surface area contributed by atoms with Crippen molar-refractivity contribution in [2.45, 2.75) is 5.41 Å². The summed E-state index contributed by atoms with van der Waals surface area (Å²) in [6.07, 6.45) is 0. The zero-order valence-corrected chi connectivity index (χ0v) is 36.1. The Morgan fingerprint density at radius 2 is 0.377 bits per heavy atom. The van der Waals surface area contributed by atoms with Gasteiger partial charge in [-0.25, -0.2) is 19.2 Å². The molecule has 0 aliphatic carbocycles. The highest BCUT2D eigenvalue weighted by molar-refractivity contribution is 6.56. The number of carboxylic acids is 4. The molecule has 0 spiro atoms. The average molecular weight is 1050 g/mol. The van der Waals surface area contributed by atoms with Gasteiger partial charge >= 0.3 is 23.9 Å². The first kappa shape index (κ1) is 45.1. The third-order valence-electron chi connectivity index (χ3n) is 7.41. The van der Waals surface area contributed by atoms with Crippen LogP contribution in [0.5, 0.6) is 0 Å². The van der Waals surface area contributed by atoms with E-state index in [1.807, 2.05) is 0 Å². The predicted octanol–water partition coefficient (Wildman–Crippen LogP) is 15.3. The van der Waals surface area contributed by atoms with Crippen molar-refractivity contribution in [1.82, 2.24) is 0 Å². The summed E-state index contributed by atoms with van der Waals surface area (Å²) in [4.78, 5) is 49.3. The molecule has 0 fully saturated rings. The second-order valence-electron chi connectivity index (χ2n) is 9.99. The van der Waals surface area contributed by atoms with Gasteiger partial charge in [0.2, 0.25) is 0 Å². The molecule has 24 heteroatoms. The Bertz CT molecular complexity index is 1950. The molecule has 0 bridgehead atoms. The van der Waals surface area contributed by atoms with Crippen LogP contribution in [0.3, 0.4) is 0 Å². The summed E-state index contributed by atoms with van der Waals surface area (Å²) < 4.78 is 0. The number of carboxylic acid groups (broad SMARTS) is 4. The molecule has 4 aromatic carbocycles. The standard InChI is InChI=1S/C29H4Cl16O8/c30-9-1(25(46)47)10(31)18(39)5(17(9)38)29(6-19(40)11(32)2(26(48)49)12(33)20(6)41,7-21(42)13(34)3(27(50)51)14(35)22(7)43)8-23(44)15(36)4(28(52)53)16(37)24(8)45/h(H,46,47)(H,48,49)(H,50,51)(H,52,53). The zero-order valence-electron chi connectivity index (χ0n) is 24.0. The predicted molar refractivity (Wildman–Crippen MR) is 213 cm³/mol. The van der Waals surface area contributed by atoms with Gasteiger partial charge in [-0.3, -0.25) is 0 Å². The average Bonchev–Trinajstić information content (AvgIpc) is 3.04. The molecule has 0 aromatic heterocycles. The highest BCUT2D eigenvalue weighted by Gasteiger charge is 2.54. The molecule has 0 saturated carbocycles. The lowest BCUT2D eigenvalue weighted by atomic mass is 9.64. The van der Waals surface area contributed by atoms with Crippen LogP contribution in [0.2, 0.25) is 80.4 Å². The lowest BCUT2D eigenvalue weighted by molar-refractivity contribution is 0.0686. The van der Waals surface area contributed by atoms with Crippen LogP contribution in [0.15, 0.2) is 0 Å². The molecule has 53 heavy (non-hydrogen) atoms. The first-order valence-corrected chi connectivity index (χ1v) is 18.8. The number of benzene rings is 4. The fourth-order valence-electron chi connectivity index (χ4n) is 5.34. The molecule has 0 amide bonds. The van der Waals surface area contributed by atoms with Crippen LogP contribution < -0.4 is 0 Å². The van der Waals surface area contributed by atoms with Crippen LogP contribution in [0.1, 0.15) is 63.7 Å². The quantitative estimate of drug-likeness (QED) is 0.101. The molecule has 0 aliphatic rings. The van der Waals surface area contributed by atoms with Crippen molar-refractivity contribution >= 4 is 209 Å². The molecule has 4 aromatic rings. The third kappa shape index (κ3) is 6.84. The Balaban J connectivity index is 2.75. The number of hydrogen-bond acceptors (Lipinski definition) is 4. The van der Waals surface area contributed by atoms with Crippen LogP contribution in [0.25, 0.3) is 0 Å². The van der Waals surface area contributed by atoms with Crippen LogP contribution in [-0.2, 0) is 5.41 Å². The second-order valence-corrected chi connectivity index (χ2v) is 16.0. The van der Waals surface area contributed by atoms with Gasteiger partial charge in [-0.15, -0.1) is 0 Å². The summed E-state index contributed by atoms with van der Waals surface area (Å²) >= 11 is 107. The van der Waals surface area contributed by atoms with E-state index in [4.69, 9.17) is 186 Å². The monoisotopic (exact) mass is 1040 g/mol. The highest BCUT2D eigenvalue weighted by atomic mass is 35.5. The van der Waals surface area contributed by atoms with E-state index >= 15 is 0 Å². The van der Waals surface area contributed by atoms with Crippen LogP contribution >= 0.6 is 186 Å². The van der Waals surface area contributed by atoms with Gasteiger partial charge in [0.1, 0.15) is 0 Å². The summed E-state index contributed by atoms with van der Waals surface area (Å²) in [7, 11) is 0. The molecule has 0 unspecified atom stereocenters. The van der Waals surface area contributed by atoms with Gasteiger partial charge in [0.15, 0.2) is 0 Å².